The van der Waals surface area contributed by atoms with Gasteiger partial charge >= 0.3 is 0 Å². The molecule has 9 heteroatoms. The van der Waals surface area contributed by atoms with Crippen LogP contribution in [-0.2, 0) is 13.0 Å². The highest BCUT2D eigenvalue weighted by atomic mass is 79.9. The van der Waals surface area contributed by atoms with E-state index in [1.807, 2.05) is 36.4 Å². The fraction of sp³-hybridized carbons (Fsp3) is 0.0952. The highest BCUT2D eigenvalue weighted by Crippen LogP contribution is 2.33. The summed E-state index contributed by atoms with van der Waals surface area (Å²) in [4.78, 5) is 15.1. The number of oxazole rings is 1. The van der Waals surface area contributed by atoms with Crippen LogP contribution in [-0.4, -0.2) is 15.0 Å². The zero-order chi connectivity index (χ0) is 21.3. The number of nitro groups is 1. The van der Waals surface area contributed by atoms with Gasteiger partial charge in [-0.1, -0.05) is 23.7 Å². The monoisotopic (exact) mass is 487 g/mol. The molecule has 0 atom stereocenters. The Morgan fingerprint density at radius 1 is 1.17 bits per heavy atom. The summed E-state index contributed by atoms with van der Waals surface area (Å²) < 4.78 is 6.07. The Balaban J connectivity index is 1.52. The summed E-state index contributed by atoms with van der Waals surface area (Å²) >= 11 is 9.06. The second kappa shape index (κ2) is 8.33. The minimum Gasteiger partial charge on any atom is -0.506 e. The van der Waals surface area contributed by atoms with E-state index < -0.39 is 4.92 Å². The minimum atomic E-state index is -0.503. The molecule has 0 unspecified atom stereocenters. The second-order valence-corrected chi connectivity index (χ2v) is 7.93. The van der Waals surface area contributed by atoms with Gasteiger partial charge in [0, 0.05) is 41.4 Å². The molecule has 30 heavy (non-hydrogen) atoms. The standard InChI is InChI=1S/C21H15BrClN3O4/c22-17-10-16(26(28)29)8-13(21(17)27)11-24-15-5-6-19-18(9-15)25-20(30-19)7-12-1-3-14(23)4-2-12/h1-6,8-10,24,27H,7,11H2. The van der Waals surface area contributed by atoms with Gasteiger partial charge in [-0.05, 0) is 51.8 Å². The number of nitrogens with one attached hydrogen (secondary N) is 1. The number of phenolic OH excluding ortho intramolecular Hbond substituents is 1. The van der Waals surface area contributed by atoms with Crippen LogP contribution in [0, 0.1) is 10.1 Å². The van der Waals surface area contributed by atoms with Gasteiger partial charge in [0.2, 0.25) is 0 Å². The molecule has 7 nitrogen and oxygen atoms in total. The normalized spacial score (nSPS) is 11.0. The number of halogens is 2. The molecule has 0 fully saturated rings. The third kappa shape index (κ3) is 4.39. The van der Waals surface area contributed by atoms with Crippen molar-refractivity contribution in [3.8, 4) is 5.75 Å². The van der Waals surface area contributed by atoms with Gasteiger partial charge in [-0.3, -0.25) is 10.1 Å². The first kappa shape index (κ1) is 20.2. The first-order chi connectivity index (χ1) is 14.4. The van der Waals surface area contributed by atoms with Gasteiger partial charge < -0.3 is 14.8 Å². The van der Waals surface area contributed by atoms with Crippen LogP contribution in [0.15, 0.2) is 63.5 Å². The Morgan fingerprint density at radius 2 is 1.93 bits per heavy atom. The van der Waals surface area contributed by atoms with Crippen LogP contribution < -0.4 is 5.32 Å². The van der Waals surface area contributed by atoms with Gasteiger partial charge in [-0.15, -0.1) is 0 Å². The van der Waals surface area contributed by atoms with Gasteiger partial charge in [-0.2, -0.15) is 0 Å². The van der Waals surface area contributed by atoms with Gasteiger partial charge in [-0.25, -0.2) is 4.98 Å². The Kier molecular flexibility index (Phi) is 5.61. The fourth-order valence-electron chi connectivity index (χ4n) is 3.02. The number of hydrogen-bond acceptors (Lipinski definition) is 6. The second-order valence-electron chi connectivity index (χ2n) is 6.64. The molecule has 0 aliphatic carbocycles. The average Bonchev–Trinajstić information content (AvgIpc) is 3.12. The summed E-state index contributed by atoms with van der Waals surface area (Å²) in [6.45, 7) is 0.201. The van der Waals surface area contributed by atoms with Crippen molar-refractivity contribution in [2.24, 2.45) is 0 Å². The minimum absolute atomic E-state index is 0.0409. The first-order valence-corrected chi connectivity index (χ1v) is 10.1. The molecule has 4 rings (SSSR count). The molecule has 4 aromatic rings. The van der Waals surface area contributed by atoms with Crippen LogP contribution in [0.5, 0.6) is 5.75 Å². The summed E-state index contributed by atoms with van der Waals surface area (Å²) in [6, 6.07) is 15.6. The quantitative estimate of drug-likeness (QED) is 0.253. The number of aromatic nitrogens is 1. The van der Waals surface area contributed by atoms with Crippen molar-refractivity contribution in [3.63, 3.8) is 0 Å². The van der Waals surface area contributed by atoms with E-state index in [4.69, 9.17) is 16.0 Å². The molecule has 1 aromatic heterocycles. The van der Waals surface area contributed by atoms with Gasteiger partial charge in [0.15, 0.2) is 11.5 Å². The van der Waals surface area contributed by atoms with Crippen LogP contribution in [0.1, 0.15) is 17.0 Å². The molecular weight excluding hydrogens is 474 g/mol. The van der Waals surface area contributed by atoms with Crippen molar-refractivity contribution in [3.05, 3.63) is 91.2 Å². The van der Waals surface area contributed by atoms with E-state index in [0.29, 0.717) is 34.0 Å². The van der Waals surface area contributed by atoms with Crippen LogP contribution in [0.25, 0.3) is 11.1 Å². The molecule has 152 valence electrons. The molecule has 0 spiro atoms. The van der Waals surface area contributed by atoms with Crippen molar-refractivity contribution < 1.29 is 14.4 Å². The molecule has 2 N–H and O–H groups in total. The van der Waals surface area contributed by atoms with E-state index in [9.17, 15) is 15.2 Å². The average molecular weight is 489 g/mol. The van der Waals surface area contributed by atoms with Crippen LogP contribution in [0.3, 0.4) is 0 Å². The Bertz CT molecular complexity index is 1240. The lowest BCUT2D eigenvalue weighted by atomic mass is 10.1. The van der Waals surface area contributed by atoms with E-state index >= 15 is 0 Å². The molecule has 0 amide bonds. The Morgan fingerprint density at radius 3 is 2.67 bits per heavy atom. The Labute approximate surface area is 184 Å². The topological polar surface area (TPSA) is 101 Å². The predicted octanol–water partition coefficient (Wildman–Crippen LogP) is 6.06. The maximum absolute atomic E-state index is 11.0. The first-order valence-electron chi connectivity index (χ1n) is 8.92. The lowest BCUT2D eigenvalue weighted by Crippen LogP contribution is -2.01. The maximum Gasteiger partial charge on any atom is 0.271 e. The van der Waals surface area contributed by atoms with Gasteiger partial charge in [0.05, 0.1) is 9.40 Å². The molecule has 3 aromatic carbocycles. The zero-order valence-electron chi connectivity index (χ0n) is 15.4. The van der Waals surface area contributed by atoms with Crippen LogP contribution in [0.2, 0.25) is 5.02 Å². The number of fused-ring (bicyclic) bond motifs is 1. The SMILES string of the molecule is O=[N+]([O-])c1cc(Br)c(O)c(CNc2ccc3oc(Cc4ccc(Cl)cc4)nc3c2)c1. The third-order valence-electron chi connectivity index (χ3n) is 4.52. The maximum atomic E-state index is 11.0. The summed E-state index contributed by atoms with van der Waals surface area (Å²) in [6.07, 6.45) is 0.546. The number of aromatic hydroxyl groups is 1. The molecule has 0 saturated heterocycles. The van der Waals surface area contributed by atoms with E-state index in [1.165, 1.54) is 12.1 Å². The molecule has 1 heterocycles. The lowest BCUT2D eigenvalue weighted by Gasteiger charge is -2.09. The van der Waals surface area contributed by atoms with Crippen molar-refractivity contribution in [2.75, 3.05) is 5.32 Å². The lowest BCUT2D eigenvalue weighted by molar-refractivity contribution is -0.385. The summed E-state index contributed by atoms with van der Waals surface area (Å²) in [7, 11) is 0. The van der Waals surface area contributed by atoms with E-state index in [-0.39, 0.29) is 22.5 Å². The smallest absolute Gasteiger partial charge is 0.271 e. The predicted molar refractivity (Wildman–Crippen MR) is 118 cm³/mol. The molecule has 0 aliphatic heterocycles. The van der Waals surface area contributed by atoms with Crippen molar-refractivity contribution in [2.45, 2.75) is 13.0 Å². The number of benzene rings is 3. The number of hydrogen-bond donors (Lipinski definition) is 2. The van der Waals surface area contributed by atoms with Crippen molar-refractivity contribution in [1.29, 1.82) is 0 Å². The molecule has 0 radical (unpaired) electrons. The van der Waals surface area contributed by atoms with Gasteiger partial charge in [0.1, 0.15) is 11.3 Å². The summed E-state index contributed by atoms with van der Waals surface area (Å²) in [5, 5.41) is 25.0. The number of nitro benzene ring substituents is 1. The summed E-state index contributed by atoms with van der Waals surface area (Å²) in [5.74, 6) is 0.547. The van der Waals surface area contributed by atoms with Crippen LogP contribution in [0.4, 0.5) is 11.4 Å². The number of phenols is 1. The zero-order valence-corrected chi connectivity index (χ0v) is 17.8. The third-order valence-corrected chi connectivity index (χ3v) is 5.38. The van der Waals surface area contributed by atoms with E-state index in [2.05, 4.69) is 26.2 Å². The van der Waals surface area contributed by atoms with Crippen molar-refractivity contribution in [1.82, 2.24) is 4.98 Å². The number of nitrogens with zero attached hydrogens (tertiary/aromatic N) is 2. The van der Waals surface area contributed by atoms with Crippen LogP contribution >= 0.6 is 27.5 Å². The molecule has 0 aliphatic rings. The van der Waals surface area contributed by atoms with E-state index in [1.54, 1.807) is 6.07 Å². The molecule has 0 saturated carbocycles. The highest BCUT2D eigenvalue weighted by Gasteiger charge is 2.15. The van der Waals surface area contributed by atoms with E-state index in [0.717, 1.165) is 11.3 Å². The number of anilines is 1. The van der Waals surface area contributed by atoms with Crippen molar-refractivity contribution >= 4 is 50.0 Å². The summed E-state index contributed by atoms with van der Waals surface area (Å²) in [5.41, 5.74) is 3.43. The number of non-ortho nitro benzene ring substituents is 1. The molecular formula is C21H15BrClN3O4. The fourth-order valence-corrected chi connectivity index (χ4v) is 3.63. The van der Waals surface area contributed by atoms with Gasteiger partial charge in [0.25, 0.3) is 5.69 Å². The Hall–Kier alpha value is -3.10. The number of rotatable bonds is 6. The highest BCUT2D eigenvalue weighted by molar-refractivity contribution is 9.10. The molecule has 0 bridgehead atoms. The largest absolute Gasteiger partial charge is 0.506 e.